The van der Waals surface area contributed by atoms with E-state index in [1.807, 2.05) is 4.90 Å². The molecule has 0 saturated carbocycles. The van der Waals surface area contributed by atoms with E-state index in [0.717, 1.165) is 32.5 Å². The van der Waals surface area contributed by atoms with Crippen molar-refractivity contribution in [3.05, 3.63) is 28.8 Å². The summed E-state index contributed by atoms with van der Waals surface area (Å²) in [6, 6.07) is 4.70. The maximum atomic E-state index is 12.7. The van der Waals surface area contributed by atoms with Gasteiger partial charge in [0.05, 0.1) is 10.6 Å². The summed E-state index contributed by atoms with van der Waals surface area (Å²) in [6.45, 7) is 4.69. The molecule has 0 radical (unpaired) electrons. The van der Waals surface area contributed by atoms with E-state index >= 15 is 0 Å². The number of carbonyl (C=O) groups is 1. The minimum Gasteiger partial charge on any atom is -0.508 e. The second-order valence-corrected chi connectivity index (χ2v) is 5.75. The van der Waals surface area contributed by atoms with Crippen LogP contribution >= 0.6 is 11.6 Å². The number of amides is 1. The first-order valence-corrected chi connectivity index (χ1v) is 7.38. The lowest BCUT2D eigenvalue weighted by Gasteiger charge is -2.30. The number of phenols is 1. The molecular weight excluding hydrogens is 276 g/mol. The number of nitrogens with zero attached hydrogens (tertiary/aromatic N) is 2. The fraction of sp³-hybridized carbons (Fsp3) is 0.533. The van der Waals surface area contributed by atoms with E-state index in [-0.39, 0.29) is 17.7 Å². The van der Waals surface area contributed by atoms with Gasteiger partial charge in [-0.1, -0.05) is 18.5 Å². The van der Waals surface area contributed by atoms with Crippen molar-refractivity contribution >= 4 is 17.5 Å². The van der Waals surface area contributed by atoms with Crippen molar-refractivity contribution in [2.24, 2.45) is 0 Å². The summed E-state index contributed by atoms with van der Waals surface area (Å²) in [7, 11) is 2.08. The van der Waals surface area contributed by atoms with Crippen molar-refractivity contribution in [3.8, 4) is 5.75 Å². The van der Waals surface area contributed by atoms with Crippen LogP contribution in [0.25, 0.3) is 0 Å². The molecule has 1 amide bonds. The van der Waals surface area contributed by atoms with Gasteiger partial charge in [-0.3, -0.25) is 4.79 Å². The van der Waals surface area contributed by atoms with Gasteiger partial charge in [-0.25, -0.2) is 0 Å². The maximum Gasteiger partial charge on any atom is 0.255 e. The lowest BCUT2D eigenvalue weighted by molar-refractivity contribution is 0.0675. The van der Waals surface area contributed by atoms with Gasteiger partial charge < -0.3 is 14.9 Å². The van der Waals surface area contributed by atoms with E-state index in [1.54, 1.807) is 6.07 Å². The average molecular weight is 297 g/mol. The van der Waals surface area contributed by atoms with Gasteiger partial charge in [0.25, 0.3) is 5.91 Å². The van der Waals surface area contributed by atoms with Crippen LogP contribution in [0.4, 0.5) is 0 Å². The fourth-order valence-electron chi connectivity index (χ4n) is 2.69. The van der Waals surface area contributed by atoms with Crippen molar-refractivity contribution in [1.29, 1.82) is 0 Å². The number of hydrogen-bond acceptors (Lipinski definition) is 3. The third-order valence-corrected chi connectivity index (χ3v) is 4.14. The van der Waals surface area contributed by atoms with Gasteiger partial charge in [0.15, 0.2) is 0 Å². The monoisotopic (exact) mass is 296 g/mol. The van der Waals surface area contributed by atoms with Gasteiger partial charge in [-0.2, -0.15) is 0 Å². The predicted octanol–water partition coefficient (Wildman–Crippen LogP) is 2.60. The van der Waals surface area contributed by atoms with Crippen molar-refractivity contribution in [1.82, 2.24) is 9.80 Å². The second kappa shape index (κ2) is 6.46. The normalized spacial score (nSPS) is 20.8. The van der Waals surface area contributed by atoms with E-state index in [2.05, 4.69) is 18.9 Å². The average Bonchev–Trinajstić information content (AvgIpc) is 2.62. The third kappa shape index (κ3) is 3.25. The summed E-state index contributed by atoms with van der Waals surface area (Å²) < 4.78 is 0. The predicted molar refractivity (Wildman–Crippen MR) is 80.3 cm³/mol. The van der Waals surface area contributed by atoms with Gasteiger partial charge in [0, 0.05) is 19.1 Å². The molecule has 1 saturated heterocycles. The lowest BCUT2D eigenvalue weighted by Crippen LogP contribution is -2.43. The van der Waals surface area contributed by atoms with Crippen LogP contribution in [-0.2, 0) is 0 Å². The molecule has 1 aliphatic heterocycles. The Morgan fingerprint density at radius 3 is 2.90 bits per heavy atom. The molecule has 20 heavy (non-hydrogen) atoms. The van der Waals surface area contributed by atoms with E-state index < -0.39 is 0 Å². The van der Waals surface area contributed by atoms with E-state index in [1.165, 1.54) is 12.1 Å². The number of aromatic hydroxyl groups is 1. The summed E-state index contributed by atoms with van der Waals surface area (Å²) in [6.07, 6.45) is 1.86. The van der Waals surface area contributed by atoms with Crippen LogP contribution in [0, 0.1) is 0 Å². The maximum absolute atomic E-state index is 12.7. The molecule has 0 aromatic heterocycles. The molecule has 0 aliphatic carbocycles. The Bertz CT molecular complexity index is 493. The molecule has 1 N–H and O–H groups in total. The highest BCUT2D eigenvalue weighted by Gasteiger charge is 2.28. The van der Waals surface area contributed by atoms with E-state index in [4.69, 9.17) is 11.6 Å². The Morgan fingerprint density at radius 2 is 2.20 bits per heavy atom. The van der Waals surface area contributed by atoms with Crippen LogP contribution in [-0.4, -0.2) is 53.5 Å². The van der Waals surface area contributed by atoms with Crippen LogP contribution in [0.1, 0.15) is 30.1 Å². The first kappa shape index (κ1) is 15.1. The zero-order valence-corrected chi connectivity index (χ0v) is 12.7. The molecule has 1 unspecified atom stereocenters. The summed E-state index contributed by atoms with van der Waals surface area (Å²) in [5.41, 5.74) is 0.384. The Kier molecular flexibility index (Phi) is 4.89. The highest BCUT2D eigenvalue weighted by atomic mass is 35.5. The Hall–Kier alpha value is -1.26. The van der Waals surface area contributed by atoms with E-state index in [0.29, 0.717) is 10.6 Å². The fourth-order valence-corrected chi connectivity index (χ4v) is 2.89. The van der Waals surface area contributed by atoms with Gasteiger partial charge >= 0.3 is 0 Å². The van der Waals surface area contributed by atoms with Gasteiger partial charge in [-0.05, 0) is 44.6 Å². The zero-order chi connectivity index (χ0) is 14.7. The summed E-state index contributed by atoms with van der Waals surface area (Å²) in [5.74, 6) is -0.0224. The van der Waals surface area contributed by atoms with Crippen molar-refractivity contribution in [2.75, 3.05) is 26.7 Å². The molecule has 110 valence electrons. The number of halogens is 1. The van der Waals surface area contributed by atoms with Crippen molar-refractivity contribution < 1.29 is 9.90 Å². The Morgan fingerprint density at radius 1 is 1.45 bits per heavy atom. The summed E-state index contributed by atoms with van der Waals surface area (Å²) in [5, 5.41) is 9.96. The van der Waals surface area contributed by atoms with Crippen LogP contribution in [0.15, 0.2) is 18.2 Å². The summed E-state index contributed by atoms with van der Waals surface area (Å²) in [4.78, 5) is 16.9. The first-order chi connectivity index (χ1) is 9.52. The van der Waals surface area contributed by atoms with Crippen molar-refractivity contribution in [2.45, 2.75) is 25.8 Å². The number of carbonyl (C=O) groups excluding carboxylic acids is 1. The van der Waals surface area contributed by atoms with Gasteiger partial charge in [0.1, 0.15) is 5.75 Å². The van der Waals surface area contributed by atoms with Crippen LogP contribution in [0.2, 0.25) is 5.02 Å². The van der Waals surface area contributed by atoms with Gasteiger partial charge in [0.2, 0.25) is 0 Å². The molecular formula is C15H21ClN2O2. The topological polar surface area (TPSA) is 43.8 Å². The molecule has 5 heteroatoms. The first-order valence-electron chi connectivity index (χ1n) is 7.01. The largest absolute Gasteiger partial charge is 0.508 e. The second-order valence-electron chi connectivity index (χ2n) is 5.34. The number of likely N-dealkylation sites (N-methyl/N-ethyl adjacent to an activating group) is 1. The standard InChI is InChI=1S/C15H21ClN2O2/c1-3-11-10-17(2)7-4-8-18(11)15(20)13-9-12(19)5-6-14(13)16/h5-6,9,11,19H,3-4,7-8,10H2,1-2H3. The summed E-state index contributed by atoms with van der Waals surface area (Å²) >= 11 is 6.10. The number of rotatable bonds is 2. The SMILES string of the molecule is CCC1CN(C)CCCN1C(=O)c1cc(O)ccc1Cl. The highest BCUT2D eigenvalue weighted by molar-refractivity contribution is 6.33. The highest BCUT2D eigenvalue weighted by Crippen LogP contribution is 2.24. The molecule has 2 rings (SSSR count). The molecule has 1 aromatic carbocycles. The molecule has 1 fully saturated rings. The van der Waals surface area contributed by atoms with Crippen LogP contribution < -0.4 is 0 Å². The smallest absolute Gasteiger partial charge is 0.255 e. The minimum atomic E-state index is -0.0898. The molecule has 0 bridgehead atoms. The van der Waals surface area contributed by atoms with Crippen LogP contribution in [0.3, 0.4) is 0 Å². The number of benzene rings is 1. The minimum absolute atomic E-state index is 0.0674. The molecule has 1 aromatic rings. The molecule has 1 aliphatic rings. The van der Waals surface area contributed by atoms with Crippen molar-refractivity contribution in [3.63, 3.8) is 0 Å². The molecule has 4 nitrogen and oxygen atoms in total. The van der Waals surface area contributed by atoms with Gasteiger partial charge in [-0.15, -0.1) is 0 Å². The molecule has 0 spiro atoms. The molecule has 1 atom stereocenters. The van der Waals surface area contributed by atoms with E-state index in [9.17, 15) is 9.90 Å². The number of phenolic OH excluding ortho intramolecular Hbond substituents is 1. The lowest BCUT2D eigenvalue weighted by atomic mass is 10.1. The Labute approximate surface area is 124 Å². The zero-order valence-electron chi connectivity index (χ0n) is 12.0. The molecule has 1 heterocycles. The van der Waals surface area contributed by atoms with Crippen LogP contribution in [0.5, 0.6) is 5.75 Å². The quantitative estimate of drug-likeness (QED) is 0.912. The number of hydrogen-bond donors (Lipinski definition) is 1. The third-order valence-electron chi connectivity index (χ3n) is 3.81. The Balaban J connectivity index is 2.27.